The second-order valence-corrected chi connectivity index (χ2v) is 4.22. The summed E-state index contributed by atoms with van der Waals surface area (Å²) in [5, 5.41) is 0. The number of likely N-dealkylation sites (tertiary alicyclic amines) is 1. The Morgan fingerprint density at radius 3 is 2.76 bits per heavy atom. The van der Waals surface area contributed by atoms with Crippen molar-refractivity contribution in [1.29, 1.82) is 0 Å². The Kier molecular flexibility index (Phi) is 3.61. The first-order chi connectivity index (χ1) is 8.20. The molecule has 0 saturated carbocycles. The largest absolute Gasteiger partial charge is 0.496 e. The number of methoxy groups -OCH3 is 1. The minimum Gasteiger partial charge on any atom is -0.496 e. The van der Waals surface area contributed by atoms with Gasteiger partial charge in [0.05, 0.1) is 13.5 Å². The summed E-state index contributed by atoms with van der Waals surface area (Å²) < 4.78 is 18.3. The lowest BCUT2D eigenvalue weighted by Crippen LogP contribution is -2.29. The molecule has 0 N–H and O–H groups in total. The van der Waals surface area contributed by atoms with Crippen molar-refractivity contribution in [3.63, 3.8) is 0 Å². The molecule has 1 heterocycles. The van der Waals surface area contributed by atoms with E-state index in [1.165, 1.54) is 19.2 Å². The lowest BCUT2D eigenvalue weighted by Gasteiger charge is -2.16. The molecule has 0 spiro atoms. The molecule has 17 heavy (non-hydrogen) atoms. The highest BCUT2D eigenvalue weighted by Gasteiger charge is 2.19. The Labute approximate surface area is 100 Å². The van der Waals surface area contributed by atoms with Gasteiger partial charge in [-0.3, -0.25) is 4.79 Å². The molecular weight excluding hydrogens is 221 g/mol. The first-order valence-corrected chi connectivity index (χ1v) is 5.81. The van der Waals surface area contributed by atoms with E-state index in [-0.39, 0.29) is 18.1 Å². The summed E-state index contributed by atoms with van der Waals surface area (Å²) in [6.45, 7) is 1.63. The van der Waals surface area contributed by atoms with Crippen LogP contribution in [-0.2, 0) is 11.2 Å². The fourth-order valence-electron chi connectivity index (χ4n) is 2.13. The van der Waals surface area contributed by atoms with Gasteiger partial charge in [0.2, 0.25) is 5.91 Å². The van der Waals surface area contributed by atoms with Crippen LogP contribution in [0.2, 0.25) is 0 Å². The molecule has 4 heteroatoms. The van der Waals surface area contributed by atoms with Crippen LogP contribution in [0.3, 0.4) is 0 Å². The van der Waals surface area contributed by atoms with Crippen molar-refractivity contribution in [3.05, 3.63) is 29.6 Å². The van der Waals surface area contributed by atoms with Crippen LogP contribution >= 0.6 is 0 Å². The van der Waals surface area contributed by atoms with E-state index in [9.17, 15) is 9.18 Å². The van der Waals surface area contributed by atoms with E-state index in [0.29, 0.717) is 11.3 Å². The first-order valence-electron chi connectivity index (χ1n) is 5.81. The highest BCUT2D eigenvalue weighted by Crippen LogP contribution is 2.21. The van der Waals surface area contributed by atoms with Crippen molar-refractivity contribution in [1.82, 2.24) is 4.90 Å². The Bertz CT molecular complexity index is 414. The Hall–Kier alpha value is -1.58. The van der Waals surface area contributed by atoms with E-state index in [1.54, 1.807) is 6.07 Å². The van der Waals surface area contributed by atoms with Crippen molar-refractivity contribution in [2.45, 2.75) is 19.3 Å². The zero-order valence-electron chi connectivity index (χ0n) is 9.91. The van der Waals surface area contributed by atoms with E-state index >= 15 is 0 Å². The van der Waals surface area contributed by atoms with Gasteiger partial charge in [-0.05, 0) is 31.0 Å². The second-order valence-electron chi connectivity index (χ2n) is 4.22. The Balaban J connectivity index is 2.11. The zero-order valence-corrected chi connectivity index (χ0v) is 9.91. The van der Waals surface area contributed by atoms with Crippen LogP contribution in [0.15, 0.2) is 18.2 Å². The van der Waals surface area contributed by atoms with Gasteiger partial charge in [0.1, 0.15) is 11.6 Å². The average Bonchev–Trinajstić information content (AvgIpc) is 2.83. The molecule has 1 fully saturated rings. The van der Waals surface area contributed by atoms with Gasteiger partial charge < -0.3 is 9.64 Å². The predicted octanol–water partition coefficient (Wildman–Crippen LogP) is 2.00. The fourth-order valence-corrected chi connectivity index (χ4v) is 2.13. The van der Waals surface area contributed by atoms with Crippen LogP contribution < -0.4 is 4.74 Å². The molecule has 0 atom stereocenters. The topological polar surface area (TPSA) is 29.5 Å². The van der Waals surface area contributed by atoms with Gasteiger partial charge in [-0.1, -0.05) is 0 Å². The third-order valence-electron chi connectivity index (χ3n) is 3.04. The maximum Gasteiger partial charge on any atom is 0.227 e. The number of rotatable bonds is 3. The quantitative estimate of drug-likeness (QED) is 0.804. The SMILES string of the molecule is COc1ccc(F)cc1CC(=O)N1CCCC1. The van der Waals surface area contributed by atoms with Crippen molar-refractivity contribution in [2.75, 3.05) is 20.2 Å². The standard InChI is InChI=1S/C13H16FNO2/c1-17-12-5-4-11(14)8-10(12)9-13(16)15-6-2-3-7-15/h4-5,8H,2-3,6-7,9H2,1H3. The fraction of sp³-hybridized carbons (Fsp3) is 0.462. The van der Waals surface area contributed by atoms with E-state index in [2.05, 4.69) is 0 Å². The number of halogens is 1. The number of hydrogen-bond acceptors (Lipinski definition) is 2. The number of carbonyl (C=O) groups excluding carboxylic acids is 1. The third-order valence-corrected chi connectivity index (χ3v) is 3.04. The molecule has 0 bridgehead atoms. The number of nitrogens with zero attached hydrogens (tertiary/aromatic N) is 1. The van der Waals surface area contributed by atoms with E-state index < -0.39 is 0 Å². The molecule has 1 aliphatic heterocycles. The summed E-state index contributed by atoms with van der Waals surface area (Å²) in [6, 6.07) is 4.26. The van der Waals surface area contributed by atoms with Crippen LogP contribution in [0.5, 0.6) is 5.75 Å². The van der Waals surface area contributed by atoms with Crippen LogP contribution in [0.1, 0.15) is 18.4 Å². The number of carbonyl (C=O) groups is 1. The molecule has 0 aromatic heterocycles. The molecule has 1 aliphatic rings. The van der Waals surface area contributed by atoms with Gasteiger partial charge in [-0.2, -0.15) is 0 Å². The highest BCUT2D eigenvalue weighted by atomic mass is 19.1. The van der Waals surface area contributed by atoms with E-state index in [4.69, 9.17) is 4.74 Å². The van der Waals surface area contributed by atoms with Gasteiger partial charge >= 0.3 is 0 Å². The maximum atomic E-state index is 13.1. The maximum absolute atomic E-state index is 13.1. The van der Waals surface area contributed by atoms with Crippen molar-refractivity contribution in [3.8, 4) is 5.75 Å². The summed E-state index contributed by atoms with van der Waals surface area (Å²) in [5.41, 5.74) is 0.615. The first kappa shape index (κ1) is 11.9. The van der Waals surface area contributed by atoms with Crippen LogP contribution in [0.25, 0.3) is 0 Å². The molecule has 0 radical (unpaired) electrons. The van der Waals surface area contributed by atoms with Gasteiger partial charge in [0.25, 0.3) is 0 Å². The van der Waals surface area contributed by atoms with Crippen molar-refractivity contribution < 1.29 is 13.9 Å². The number of amides is 1. The van der Waals surface area contributed by atoms with Crippen LogP contribution in [0, 0.1) is 5.82 Å². The summed E-state index contributed by atoms with van der Waals surface area (Å²) in [5.74, 6) is 0.278. The molecule has 2 rings (SSSR count). The number of hydrogen-bond donors (Lipinski definition) is 0. The summed E-state index contributed by atoms with van der Waals surface area (Å²) in [4.78, 5) is 13.8. The molecule has 1 aromatic rings. The Morgan fingerprint density at radius 2 is 2.12 bits per heavy atom. The highest BCUT2D eigenvalue weighted by molar-refractivity contribution is 5.79. The molecule has 1 aromatic carbocycles. The average molecular weight is 237 g/mol. The smallest absolute Gasteiger partial charge is 0.227 e. The lowest BCUT2D eigenvalue weighted by molar-refractivity contribution is -0.129. The third kappa shape index (κ3) is 2.75. The van der Waals surface area contributed by atoms with E-state index in [1.807, 2.05) is 4.90 Å². The number of benzene rings is 1. The van der Waals surface area contributed by atoms with Crippen LogP contribution in [-0.4, -0.2) is 31.0 Å². The minimum atomic E-state index is -0.338. The van der Waals surface area contributed by atoms with Gasteiger partial charge in [0.15, 0.2) is 0 Å². The van der Waals surface area contributed by atoms with Gasteiger partial charge in [0, 0.05) is 18.7 Å². The monoisotopic (exact) mass is 237 g/mol. The van der Waals surface area contributed by atoms with Gasteiger partial charge in [-0.25, -0.2) is 4.39 Å². The minimum absolute atomic E-state index is 0.0476. The number of ether oxygens (including phenoxy) is 1. The molecule has 1 saturated heterocycles. The predicted molar refractivity (Wildman–Crippen MR) is 62.5 cm³/mol. The molecule has 3 nitrogen and oxygen atoms in total. The second kappa shape index (κ2) is 5.17. The van der Waals surface area contributed by atoms with Crippen LogP contribution in [0.4, 0.5) is 4.39 Å². The normalized spacial score (nSPS) is 15.1. The zero-order chi connectivity index (χ0) is 12.3. The van der Waals surface area contributed by atoms with Crippen molar-refractivity contribution in [2.24, 2.45) is 0 Å². The summed E-state index contributed by atoms with van der Waals surface area (Å²) in [7, 11) is 1.52. The molecule has 92 valence electrons. The molecule has 1 amide bonds. The molecule has 0 aliphatic carbocycles. The molecule has 0 unspecified atom stereocenters. The summed E-state index contributed by atoms with van der Waals surface area (Å²) >= 11 is 0. The summed E-state index contributed by atoms with van der Waals surface area (Å²) in [6.07, 6.45) is 2.33. The van der Waals surface area contributed by atoms with Crippen molar-refractivity contribution >= 4 is 5.91 Å². The molecular formula is C13H16FNO2. The van der Waals surface area contributed by atoms with Gasteiger partial charge in [-0.15, -0.1) is 0 Å². The Morgan fingerprint density at radius 1 is 1.41 bits per heavy atom. The van der Waals surface area contributed by atoms with E-state index in [0.717, 1.165) is 25.9 Å². The lowest BCUT2D eigenvalue weighted by atomic mass is 10.1.